The second kappa shape index (κ2) is 5.76. The Morgan fingerprint density at radius 1 is 1.61 bits per heavy atom. The van der Waals surface area contributed by atoms with Crippen LogP contribution in [0.15, 0.2) is 12.1 Å². The number of H-pyrrole nitrogens is 1. The van der Waals surface area contributed by atoms with Crippen LogP contribution in [0.4, 0.5) is 0 Å². The van der Waals surface area contributed by atoms with E-state index in [-0.39, 0.29) is 18.0 Å². The Labute approximate surface area is 103 Å². The fraction of sp³-hybridized carbons (Fsp3) is 0.455. The summed E-state index contributed by atoms with van der Waals surface area (Å²) in [5.41, 5.74) is 0.157. The van der Waals surface area contributed by atoms with Crippen LogP contribution in [0.1, 0.15) is 23.1 Å². The third kappa shape index (κ3) is 2.58. The molecule has 0 aliphatic carbocycles. The zero-order chi connectivity index (χ0) is 13.8. The largest absolute Gasteiger partial charge is 0.464 e. The molecule has 0 saturated carbocycles. The van der Waals surface area contributed by atoms with E-state index in [0.29, 0.717) is 6.29 Å². The van der Waals surface area contributed by atoms with Crippen molar-refractivity contribution in [2.45, 2.75) is 18.8 Å². The Kier molecular flexibility index (Phi) is 4.60. The fourth-order valence-electron chi connectivity index (χ4n) is 1.44. The number of hydrogen-bond acceptors (Lipinski definition) is 6. The second-order valence-corrected chi connectivity index (χ2v) is 3.50. The van der Waals surface area contributed by atoms with E-state index in [4.69, 9.17) is 4.74 Å². The third-order valence-corrected chi connectivity index (χ3v) is 2.41. The van der Waals surface area contributed by atoms with Crippen molar-refractivity contribution in [3.63, 3.8) is 0 Å². The number of methoxy groups -OCH3 is 1. The number of ether oxygens (including phenoxy) is 2. The maximum Gasteiger partial charge on any atom is 0.341 e. The molecule has 1 aromatic heterocycles. The molecule has 7 heteroatoms. The van der Waals surface area contributed by atoms with Crippen molar-refractivity contribution in [1.29, 1.82) is 0 Å². The van der Waals surface area contributed by atoms with Crippen LogP contribution in [-0.2, 0) is 20.1 Å². The van der Waals surface area contributed by atoms with Gasteiger partial charge in [-0.1, -0.05) is 0 Å². The molecule has 0 aliphatic heterocycles. The molecule has 2 atom stereocenters. The fourth-order valence-corrected chi connectivity index (χ4v) is 1.44. The SMILES string of the molecule is CCOC(=O)C(O)C(O)(OC)c1ccc(C=O)[nH]1. The lowest BCUT2D eigenvalue weighted by Crippen LogP contribution is -2.47. The molecule has 1 aromatic rings. The first-order valence-electron chi connectivity index (χ1n) is 5.26. The summed E-state index contributed by atoms with van der Waals surface area (Å²) in [7, 11) is 1.11. The molecular weight excluding hydrogens is 242 g/mol. The van der Waals surface area contributed by atoms with Crippen molar-refractivity contribution < 1.29 is 29.3 Å². The first-order valence-corrected chi connectivity index (χ1v) is 5.26. The number of aromatic nitrogens is 1. The van der Waals surface area contributed by atoms with Gasteiger partial charge in [0.2, 0.25) is 11.9 Å². The average Bonchev–Trinajstić information content (AvgIpc) is 2.86. The van der Waals surface area contributed by atoms with E-state index >= 15 is 0 Å². The van der Waals surface area contributed by atoms with Crippen molar-refractivity contribution in [3.05, 3.63) is 23.5 Å². The zero-order valence-corrected chi connectivity index (χ0v) is 10.0. The summed E-state index contributed by atoms with van der Waals surface area (Å²) in [5, 5.41) is 19.9. The van der Waals surface area contributed by atoms with Crippen molar-refractivity contribution in [3.8, 4) is 0 Å². The van der Waals surface area contributed by atoms with Crippen molar-refractivity contribution >= 4 is 12.3 Å². The Bertz CT molecular complexity index is 429. The van der Waals surface area contributed by atoms with Crippen molar-refractivity contribution in [2.75, 3.05) is 13.7 Å². The Morgan fingerprint density at radius 2 is 2.28 bits per heavy atom. The normalized spacial score (nSPS) is 15.8. The number of nitrogens with one attached hydrogen (secondary N) is 1. The lowest BCUT2D eigenvalue weighted by atomic mass is 10.1. The summed E-state index contributed by atoms with van der Waals surface area (Å²) in [5.74, 6) is -3.32. The van der Waals surface area contributed by atoms with Crippen LogP contribution in [0.3, 0.4) is 0 Å². The summed E-state index contributed by atoms with van der Waals surface area (Å²) in [4.78, 5) is 24.5. The van der Waals surface area contributed by atoms with E-state index in [1.807, 2.05) is 0 Å². The van der Waals surface area contributed by atoms with Gasteiger partial charge in [0.25, 0.3) is 0 Å². The van der Waals surface area contributed by atoms with Gasteiger partial charge in [0.05, 0.1) is 18.0 Å². The predicted molar refractivity (Wildman–Crippen MR) is 59.7 cm³/mol. The Hall–Kier alpha value is -1.70. The van der Waals surface area contributed by atoms with Gasteiger partial charge < -0.3 is 24.7 Å². The molecule has 100 valence electrons. The maximum atomic E-state index is 11.4. The minimum atomic E-state index is -2.30. The number of carbonyl (C=O) groups excluding carboxylic acids is 2. The van der Waals surface area contributed by atoms with Gasteiger partial charge in [0, 0.05) is 7.11 Å². The standard InChI is InChI=1S/C11H15NO6/c1-3-18-10(15)9(14)11(16,17-2)8-5-4-7(6-13)12-8/h4-6,9,12,14,16H,3H2,1-2H3. The van der Waals surface area contributed by atoms with Crippen molar-refractivity contribution in [1.82, 2.24) is 4.98 Å². The number of aliphatic hydroxyl groups is 2. The topological polar surface area (TPSA) is 109 Å². The lowest BCUT2D eigenvalue weighted by Gasteiger charge is -2.28. The highest BCUT2D eigenvalue weighted by Crippen LogP contribution is 2.26. The van der Waals surface area contributed by atoms with Crippen LogP contribution in [0.2, 0.25) is 0 Å². The van der Waals surface area contributed by atoms with Crippen LogP contribution in [-0.4, -0.2) is 47.3 Å². The Balaban J connectivity index is 3.03. The number of hydrogen-bond donors (Lipinski definition) is 3. The molecule has 0 saturated heterocycles. The van der Waals surface area contributed by atoms with Gasteiger partial charge in [0.1, 0.15) is 0 Å². The molecule has 0 radical (unpaired) electrons. The van der Waals surface area contributed by atoms with Gasteiger partial charge >= 0.3 is 5.97 Å². The molecule has 1 rings (SSSR count). The molecule has 2 unspecified atom stereocenters. The van der Waals surface area contributed by atoms with Gasteiger partial charge in [-0.3, -0.25) is 4.79 Å². The highest BCUT2D eigenvalue weighted by molar-refractivity contribution is 5.76. The molecule has 0 spiro atoms. The number of esters is 1. The molecule has 0 bridgehead atoms. The van der Waals surface area contributed by atoms with E-state index in [9.17, 15) is 19.8 Å². The number of rotatable bonds is 6. The molecule has 18 heavy (non-hydrogen) atoms. The molecule has 0 aliphatic rings. The second-order valence-electron chi connectivity index (χ2n) is 3.50. The maximum absolute atomic E-state index is 11.4. The number of aliphatic hydroxyl groups excluding tert-OH is 1. The zero-order valence-electron chi connectivity index (χ0n) is 10.0. The molecule has 1 heterocycles. The summed E-state index contributed by atoms with van der Waals surface area (Å²) >= 11 is 0. The third-order valence-electron chi connectivity index (χ3n) is 2.41. The summed E-state index contributed by atoms with van der Waals surface area (Å²) < 4.78 is 9.36. The smallest absolute Gasteiger partial charge is 0.341 e. The summed E-state index contributed by atoms with van der Waals surface area (Å²) in [6.45, 7) is 1.62. The van der Waals surface area contributed by atoms with Gasteiger partial charge in [0.15, 0.2) is 6.29 Å². The molecular formula is C11H15NO6. The first kappa shape index (κ1) is 14.4. The van der Waals surface area contributed by atoms with Gasteiger partial charge in [-0.15, -0.1) is 0 Å². The number of carbonyl (C=O) groups is 2. The van der Waals surface area contributed by atoms with Gasteiger partial charge in [-0.05, 0) is 19.1 Å². The summed E-state index contributed by atoms with van der Waals surface area (Å²) in [6.07, 6.45) is -1.41. The quantitative estimate of drug-likeness (QED) is 0.361. The highest BCUT2D eigenvalue weighted by atomic mass is 16.6. The van der Waals surface area contributed by atoms with Crippen LogP contribution >= 0.6 is 0 Å². The van der Waals surface area contributed by atoms with Crippen molar-refractivity contribution in [2.24, 2.45) is 0 Å². The van der Waals surface area contributed by atoms with E-state index in [2.05, 4.69) is 9.72 Å². The van der Waals surface area contributed by atoms with E-state index < -0.39 is 17.9 Å². The summed E-state index contributed by atoms with van der Waals surface area (Å²) in [6, 6.07) is 2.71. The monoisotopic (exact) mass is 257 g/mol. The van der Waals surface area contributed by atoms with Crippen LogP contribution in [0.25, 0.3) is 0 Å². The molecule has 0 aromatic carbocycles. The van der Waals surface area contributed by atoms with Gasteiger partial charge in [-0.25, -0.2) is 4.79 Å². The number of aldehydes is 1. The lowest BCUT2D eigenvalue weighted by molar-refractivity contribution is -0.256. The van der Waals surface area contributed by atoms with Crippen LogP contribution in [0, 0.1) is 0 Å². The molecule has 0 amide bonds. The van der Waals surface area contributed by atoms with E-state index in [1.54, 1.807) is 6.92 Å². The van der Waals surface area contributed by atoms with Crippen LogP contribution in [0.5, 0.6) is 0 Å². The molecule has 7 nitrogen and oxygen atoms in total. The Morgan fingerprint density at radius 3 is 2.72 bits per heavy atom. The predicted octanol–water partition coefficient (Wildman–Crippen LogP) is -0.457. The molecule has 0 fully saturated rings. The van der Waals surface area contributed by atoms with E-state index in [0.717, 1.165) is 7.11 Å². The van der Waals surface area contributed by atoms with Gasteiger partial charge in [-0.2, -0.15) is 0 Å². The molecule has 3 N–H and O–H groups in total. The highest BCUT2D eigenvalue weighted by Gasteiger charge is 2.44. The van der Waals surface area contributed by atoms with Crippen LogP contribution < -0.4 is 0 Å². The minimum Gasteiger partial charge on any atom is -0.464 e. The first-order chi connectivity index (χ1) is 8.49. The minimum absolute atomic E-state index is 0.0207. The number of aromatic amines is 1. The average molecular weight is 257 g/mol. The van der Waals surface area contributed by atoms with E-state index in [1.165, 1.54) is 12.1 Å².